The largest absolute Gasteiger partial charge is 0.396 e. The second-order valence-electron chi connectivity index (χ2n) is 14.5. The molecule has 1 aliphatic heterocycles. The van der Waals surface area contributed by atoms with E-state index in [0.717, 1.165) is 13.0 Å². The van der Waals surface area contributed by atoms with Crippen LogP contribution in [0, 0.1) is 40.4 Å². The van der Waals surface area contributed by atoms with Crippen LogP contribution in [0.3, 0.4) is 0 Å². The third-order valence-corrected chi connectivity index (χ3v) is 12.6. The molecule has 0 aromatic carbocycles. The molecule has 0 aromatic heterocycles. The quantitative estimate of drug-likeness (QED) is 0.227. The second kappa shape index (κ2) is 10.4. The predicted octanol–water partition coefficient (Wildman–Crippen LogP) is 0.924. The number of nitrogens with one attached hydrogen (secondary N) is 1. The number of fused-ring (bicyclic) bond motifs is 7. The molecule has 1 saturated heterocycles. The van der Waals surface area contributed by atoms with E-state index in [4.69, 9.17) is 4.74 Å². The highest BCUT2D eigenvalue weighted by Crippen LogP contribution is 2.71. The molecular weight excluding hydrogens is 514 g/mol. The zero-order chi connectivity index (χ0) is 29.4. The van der Waals surface area contributed by atoms with Gasteiger partial charge in [0.25, 0.3) is 0 Å². The summed E-state index contributed by atoms with van der Waals surface area (Å²) in [5.41, 5.74) is -3.76. The monoisotopic (exact) mass is 565 g/mol. The van der Waals surface area contributed by atoms with Gasteiger partial charge in [0.15, 0.2) is 5.78 Å². The van der Waals surface area contributed by atoms with Crippen molar-refractivity contribution in [3.8, 4) is 0 Å². The van der Waals surface area contributed by atoms with Crippen molar-refractivity contribution in [1.82, 2.24) is 5.32 Å². The molecule has 4 aliphatic carbocycles. The van der Waals surface area contributed by atoms with Gasteiger partial charge in [0, 0.05) is 36.7 Å². The van der Waals surface area contributed by atoms with Gasteiger partial charge in [-0.05, 0) is 80.5 Å². The Balaban J connectivity index is 1.49. The van der Waals surface area contributed by atoms with Crippen molar-refractivity contribution in [2.24, 2.45) is 40.4 Å². The van der Waals surface area contributed by atoms with Crippen molar-refractivity contribution in [3.05, 3.63) is 11.6 Å². The molecule has 0 radical (unpaired) electrons. The fraction of sp³-hybridized carbons (Fsp3) is 0.903. The number of aliphatic hydroxyl groups is 6. The molecule has 9 nitrogen and oxygen atoms in total. The normalized spacial score (nSPS) is 50.3. The van der Waals surface area contributed by atoms with Gasteiger partial charge >= 0.3 is 0 Å². The Hall–Kier alpha value is -0.910. The van der Waals surface area contributed by atoms with Crippen molar-refractivity contribution < 1.29 is 40.2 Å². The minimum Gasteiger partial charge on any atom is -0.396 e. The standard InChI is InChI=1S/C31H51NO8/c1-16(7-10-32-5)17(2)25(37)27-30(38,9-11-33)26-24(40-27)15-31(39)19-12-21(34)20-13-22(35)23(36)14-28(20,3)18(19)6-8-29(26,31)4/h12,16-18,20,22-27,32-33,35-39H,6-11,13-15H2,1-5H3. The number of rotatable bonds is 8. The molecular formula is C31H51NO8. The summed E-state index contributed by atoms with van der Waals surface area (Å²) < 4.78 is 6.51. The SMILES string of the molecule is CNCCC(C)C(C)C(O)C1OC2CC3(O)C4=CC(=O)C5CC(O)C(O)CC5(C)C4CCC3(C)C2C1(O)CCO. The molecule has 0 bridgehead atoms. The number of allylic oxidation sites excluding steroid dienone is 1. The summed E-state index contributed by atoms with van der Waals surface area (Å²) >= 11 is 0. The van der Waals surface area contributed by atoms with Gasteiger partial charge in [0.05, 0.1) is 30.0 Å². The van der Waals surface area contributed by atoms with E-state index in [-0.39, 0.29) is 55.8 Å². The summed E-state index contributed by atoms with van der Waals surface area (Å²) in [5, 5.41) is 70.6. The molecule has 1 heterocycles. The third kappa shape index (κ3) is 4.13. The van der Waals surface area contributed by atoms with Crippen LogP contribution >= 0.6 is 0 Å². The van der Waals surface area contributed by atoms with E-state index in [9.17, 15) is 35.4 Å². The number of carbonyl (C=O) groups is 1. The Labute approximate surface area is 238 Å². The molecule has 40 heavy (non-hydrogen) atoms. The van der Waals surface area contributed by atoms with E-state index in [2.05, 4.69) is 12.2 Å². The molecule has 0 spiro atoms. The van der Waals surface area contributed by atoms with Crippen LogP contribution in [0.15, 0.2) is 11.6 Å². The van der Waals surface area contributed by atoms with E-state index in [1.165, 1.54) is 0 Å². The van der Waals surface area contributed by atoms with Gasteiger partial charge in [0.1, 0.15) is 11.7 Å². The molecule has 5 rings (SSSR count). The molecule has 14 unspecified atom stereocenters. The minimum absolute atomic E-state index is 0.0183. The summed E-state index contributed by atoms with van der Waals surface area (Å²) in [4.78, 5) is 13.5. The van der Waals surface area contributed by atoms with E-state index < -0.39 is 64.4 Å². The maximum Gasteiger partial charge on any atom is 0.159 e. The van der Waals surface area contributed by atoms with Gasteiger partial charge in [-0.15, -0.1) is 0 Å². The van der Waals surface area contributed by atoms with E-state index in [1.807, 2.05) is 27.8 Å². The number of ketones is 1. The van der Waals surface area contributed by atoms with Crippen LogP contribution < -0.4 is 5.32 Å². The summed E-state index contributed by atoms with van der Waals surface area (Å²) in [7, 11) is 1.89. The number of ether oxygens (including phenoxy) is 1. The van der Waals surface area contributed by atoms with E-state index in [0.29, 0.717) is 18.4 Å². The lowest BCUT2D eigenvalue weighted by atomic mass is 9.45. The van der Waals surface area contributed by atoms with Gasteiger partial charge in [0.2, 0.25) is 0 Å². The fourth-order valence-electron chi connectivity index (χ4n) is 9.97. The van der Waals surface area contributed by atoms with Crippen molar-refractivity contribution in [3.63, 3.8) is 0 Å². The highest BCUT2D eigenvalue weighted by Gasteiger charge is 2.76. The Morgan fingerprint density at radius 2 is 1.82 bits per heavy atom. The molecule has 0 amide bonds. The van der Waals surface area contributed by atoms with Crippen LogP contribution in [0.5, 0.6) is 0 Å². The number of hydrogen-bond donors (Lipinski definition) is 7. The number of aliphatic hydroxyl groups excluding tert-OH is 4. The smallest absolute Gasteiger partial charge is 0.159 e. The van der Waals surface area contributed by atoms with Crippen molar-refractivity contribution >= 4 is 5.78 Å². The van der Waals surface area contributed by atoms with Crippen molar-refractivity contribution in [2.45, 2.75) is 114 Å². The first-order valence-corrected chi connectivity index (χ1v) is 15.4. The van der Waals surface area contributed by atoms with Gasteiger partial charge in [-0.3, -0.25) is 4.79 Å². The zero-order valence-electron chi connectivity index (χ0n) is 24.7. The average Bonchev–Trinajstić information content (AvgIpc) is 3.31. The van der Waals surface area contributed by atoms with Crippen LogP contribution in [-0.4, -0.2) is 98.3 Å². The van der Waals surface area contributed by atoms with Crippen LogP contribution in [0.25, 0.3) is 0 Å². The van der Waals surface area contributed by atoms with Gasteiger partial charge in [-0.2, -0.15) is 0 Å². The molecule has 228 valence electrons. The average molecular weight is 566 g/mol. The maximum absolute atomic E-state index is 13.5. The third-order valence-electron chi connectivity index (χ3n) is 12.6. The van der Waals surface area contributed by atoms with Crippen LogP contribution in [0.2, 0.25) is 0 Å². The first-order chi connectivity index (χ1) is 18.7. The highest BCUT2D eigenvalue weighted by atomic mass is 16.5. The van der Waals surface area contributed by atoms with Crippen LogP contribution in [0.1, 0.15) is 72.6 Å². The van der Waals surface area contributed by atoms with Gasteiger partial charge in [-0.1, -0.05) is 27.7 Å². The molecule has 3 saturated carbocycles. The Morgan fingerprint density at radius 3 is 2.48 bits per heavy atom. The molecule has 0 aromatic rings. The van der Waals surface area contributed by atoms with Crippen LogP contribution in [-0.2, 0) is 9.53 Å². The van der Waals surface area contributed by atoms with Gasteiger partial charge in [-0.25, -0.2) is 0 Å². The Morgan fingerprint density at radius 1 is 1.12 bits per heavy atom. The minimum atomic E-state index is -1.56. The first kappa shape index (κ1) is 30.5. The molecule has 9 heteroatoms. The summed E-state index contributed by atoms with van der Waals surface area (Å²) in [6.07, 6.45) is 0.120. The van der Waals surface area contributed by atoms with E-state index in [1.54, 1.807) is 6.08 Å². The summed E-state index contributed by atoms with van der Waals surface area (Å²) in [6, 6.07) is 0. The summed E-state index contributed by atoms with van der Waals surface area (Å²) in [5.74, 6) is -1.22. The van der Waals surface area contributed by atoms with E-state index >= 15 is 0 Å². The van der Waals surface area contributed by atoms with Crippen molar-refractivity contribution in [2.75, 3.05) is 20.2 Å². The second-order valence-corrected chi connectivity index (χ2v) is 14.5. The number of carbonyl (C=O) groups excluding carboxylic acids is 1. The topological polar surface area (TPSA) is 160 Å². The molecule has 14 atom stereocenters. The lowest BCUT2D eigenvalue weighted by Gasteiger charge is -2.60. The fourth-order valence-corrected chi connectivity index (χ4v) is 9.97. The predicted molar refractivity (Wildman–Crippen MR) is 148 cm³/mol. The number of hydrogen-bond acceptors (Lipinski definition) is 9. The zero-order valence-corrected chi connectivity index (χ0v) is 24.7. The molecule has 5 aliphatic rings. The summed E-state index contributed by atoms with van der Waals surface area (Å²) in [6.45, 7) is 8.55. The van der Waals surface area contributed by atoms with Crippen molar-refractivity contribution in [1.29, 1.82) is 0 Å². The first-order valence-electron chi connectivity index (χ1n) is 15.4. The lowest BCUT2D eigenvalue weighted by Crippen LogP contribution is -2.63. The Bertz CT molecular complexity index is 1020. The molecule has 4 fully saturated rings. The maximum atomic E-state index is 13.5. The van der Waals surface area contributed by atoms with Crippen LogP contribution in [0.4, 0.5) is 0 Å². The highest BCUT2D eigenvalue weighted by molar-refractivity contribution is 5.95. The Kier molecular flexibility index (Phi) is 7.92. The lowest BCUT2D eigenvalue weighted by molar-refractivity contribution is -0.183. The van der Waals surface area contributed by atoms with Gasteiger partial charge < -0.3 is 40.7 Å². The molecule has 7 N–H and O–H groups in total.